The normalized spacial score (nSPS) is 11.9. The molecule has 0 saturated carbocycles. The molecule has 0 aliphatic rings. The number of hydrogen-bond acceptors (Lipinski definition) is 1. The van der Waals surface area contributed by atoms with Gasteiger partial charge in [-0.2, -0.15) is 0 Å². The molecule has 0 atom stereocenters. The SMILES string of the molecule is c1ccc(N(c2cc3ccc4cc([Si](c5ccccc5)(c5ccccc5)c5ccccc5)cc5ccc(c2)c3c45)c2ccc3c(c2)c2ccccc2n3-c2ccccc2)cc1. The van der Waals surface area contributed by atoms with Gasteiger partial charge in [-0.25, -0.2) is 0 Å². The maximum Gasteiger partial charge on any atom is 0.179 e. The Morgan fingerprint density at radius 2 is 0.738 bits per heavy atom. The molecule has 12 aromatic rings. The van der Waals surface area contributed by atoms with Crippen LogP contribution in [0.4, 0.5) is 17.1 Å². The molecule has 0 spiro atoms. The van der Waals surface area contributed by atoms with E-state index < -0.39 is 8.07 Å². The van der Waals surface area contributed by atoms with Gasteiger partial charge in [0.25, 0.3) is 0 Å². The van der Waals surface area contributed by atoms with E-state index in [-0.39, 0.29) is 0 Å². The van der Waals surface area contributed by atoms with E-state index in [1.54, 1.807) is 0 Å². The quantitative estimate of drug-likeness (QED) is 0.0845. The maximum atomic E-state index is 2.51. The summed E-state index contributed by atoms with van der Waals surface area (Å²) in [6.45, 7) is 0. The van der Waals surface area contributed by atoms with Gasteiger partial charge in [0, 0.05) is 33.5 Å². The van der Waals surface area contributed by atoms with Crippen LogP contribution in [0.1, 0.15) is 0 Å². The highest BCUT2D eigenvalue weighted by molar-refractivity contribution is 7.20. The average molecular weight is 793 g/mol. The Balaban J connectivity index is 1.06. The second-order valence-corrected chi connectivity index (χ2v) is 19.9. The molecule has 0 unspecified atom stereocenters. The number of rotatable bonds is 8. The van der Waals surface area contributed by atoms with E-state index in [1.165, 1.54) is 74.9 Å². The van der Waals surface area contributed by atoms with E-state index in [9.17, 15) is 0 Å². The predicted octanol–water partition coefficient (Wildman–Crippen LogP) is 12.5. The Labute approximate surface area is 356 Å². The maximum absolute atomic E-state index is 2.71. The van der Waals surface area contributed by atoms with Crippen molar-refractivity contribution in [1.82, 2.24) is 4.57 Å². The van der Waals surface area contributed by atoms with Gasteiger partial charge in [-0.05, 0) is 114 Å². The molecule has 0 fully saturated rings. The Bertz CT molecular complexity index is 3350. The van der Waals surface area contributed by atoms with Crippen LogP contribution >= 0.6 is 0 Å². The Hall–Kier alpha value is -7.72. The van der Waals surface area contributed by atoms with Gasteiger partial charge in [-0.15, -0.1) is 0 Å². The highest BCUT2D eigenvalue weighted by Gasteiger charge is 2.41. The second-order valence-electron chi connectivity index (χ2n) is 16.1. The van der Waals surface area contributed by atoms with Crippen LogP contribution in [0, 0.1) is 0 Å². The third kappa shape index (κ3) is 5.55. The average Bonchev–Trinajstić information content (AvgIpc) is 3.66. The molecular formula is C58H40N2Si. The van der Waals surface area contributed by atoms with Crippen LogP contribution in [-0.4, -0.2) is 12.6 Å². The Kier molecular flexibility index (Phi) is 8.22. The van der Waals surface area contributed by atoms with Gasteiger partial charge in [0.1, 0.15) is 0 Å². The molecule has 1 heterocycles. The van der Waals surface area contributed by atoms with Gasteiger partial charge in [0.15, 0.2) is 8.07 Å². The first-order chi connectivity index (χ1) is 30.3. The molecule has 3 heteroatoms. The summed E-state index contributed by atoms with van der Waals surface area (Å²) >= 11 is 0. The lowest BCUT2D eigenvalue weighted by atomic mass is 9.93. The van der Waals surface area contributed by atoms with Crippen LogP contribution in [0.2, 0.25) is 0 Å². The smallest absolute Gasteiger partial charge is 0.179 e. The van der Waals surface area contributed by atoms with Gasteiger partial charge in [0.05, 0.1) is 11.0 Å². The molecule has 286 valence electrons. The summed E-state index contributed by atoms with van der Waals surface area (Å²) in [5.41, 5.74) is 6.93. The number of nitrogens with zero attached hydrogens (tertiary/aromatic N) is 2. The first kappa shape index (κ1) is 35.2. The topological polar surface area (TPSA) is 8.17 Å². The molecule has 12 rings (SSSR count). The summed E-state index contributed by atoms with van der Waals surface area (Å²) in [6, 6.07) is 90.0. The van der Waals surface area contributed by atoms with Crippen LogP contribution in [0.5, 0.6) is 0 Å². The van der Waals surface area contributed by atoms with Gasteiger partial charge in [-0.3, -0.25) is 0 Å². The van der Waals surface area contributed by atoms with Crippen LogP contribution in [-0.2, 0) is 0 Å². The van der Waals surface area contributed by atoms with Crippen molar-refractivity contribution in [2.75, 3.05) is 4.90 Å². The molecule has 11 aromatic carbocycles. The first-order valence-corrected chi connectivity index (χ1v) is 23.1. The molecule has 1 aromatic heterocycles. The van der Waals surface area contributed by atoms with Gasteiger partial charge < -0.3 is 9.47 Å². The lowest BCUT2D eigenvalue weighted by Crippen LogP contribution is -2.74. The number of anilines is 3. The Morgan fingerprint density at radius 3 is 1.28 bits per heavy atom. The van der Waals surface area contributed by atoms with E-state index in [0.717, 1.165) is 22.7 Å². The summed E-state index contributed by atoms with van der Waals surface area (Å²) in [5, 5.41) is 15.7. The standard InChI is InChI=1S/C58H40N2Si/c1-6-18-45(19-7-1)59(47-34-35-56-54(40-47)53-28-16-17-29-55(53)60(56)46-20-8-2-9-21-46)48-36-41-30-32-43-38-52(39-44-33-31-42(37-48)57(41)58(43)44)61(49-22-10-3-11-23-49,50-24-12-4-13-25-50)51-26-14-5-15-27-51/h1-40H. The number of aromatic nitrogens is 1. The largest absolute Gasteiger partial charge is 0.310 e. The summed E-state index contributed by atoms with van der Waals surface area (Å²) < 4.78 is 2.38. The number of fused-ring (bicyclic) bond motifs is 3. The molecule has 0 N–H and O–H groups in total. The van der Waals surface area contributed by atoms with Crippen molar-refractivity contribution in [2.24, 2.45) is 0 Å². The zero-order valence-corrected chi connectivity index (χ0v) is 34.5. The van der Waals surface area contributed by atoms with Crippen LogP contribution < -0.4 is 25.6 Å². The van der Waals surface area contributed by atoms with Crippen molar-refractivity contribution in [1.29, 1.82) is 0 Å². The molecule has 0 aliphatic heterocycles. The lowest BCUT2D eigenvalue weighted by molar-refractivity contribution is 1.18. The summed E-state index contributed by atoms with van der Waals surface area (Å²) in [7, 11) is -2.71. The third-order valence-electron chi connectivity index (χ3n) is 12.8. The minimum Gasteiger partial charge on any atom is -0.310 e. The predicted molar refractivity (Wildman–Crippen MR) is 263 cm³/mol. The zero-order valence-electron chi connectivity index (χ0n) is 33.5. The fourth-order valence-electron chi connectivity index (χ4n) is 10.2. The molecule has 0 aliphatic carbocycles. The highest BCUT2D eigenvalue weighted by Crippen LogP contribution is 2.43. The van der Waals surface area contributed by atoms with Crippen LogP contribution in [0.15, 0.2) is 243 Å². The summed E-state index contributed by atoms with van der Waals surface area (Å²) in [5.74, 6) is 0. The Morgan fingerprint density at radius 1 is 0.295 bits per heavy atom. The molecule has 2 nitrogen and oxygen atoms in total. The van der Waals surface area contributed by atoms with E-state index in [0.29, 0.717) is 0 Å². The van der Waals surface area contributed by atoms with Gasteiger partial charge in [0.2, 0.25) is 0 Å². The molecule has 61 heavy (non-hydrogen) atoms. The zero-order chi connectivity index (χ0) is 40.3. The fourth-order valence-corrected chi connectivity index (χ4v) is 15.0. The number of para-hydroxylation sites is 3. The second kappa shape index (κ2) is 14.2. The van der Waals surface area contributed by atoms with Crippen molar-refractivity contribution in [2.45, 2.75) is 0 Å². The van der Waals surface area contributed by atoms with E-state index in [4.69, 9.17) is 0 Å². The van der Waals surface area contributed by atoms with Crippen molar-refractivity contribution in [3.8, 4) is 5.69 Å². The minimum absolute atomic E-state index is 1.12. The highest BCUT2D eigenvalue weighted by atomic mass is 28.3. The molecular weight excluding hydrogens is 753 g/mol. The van der Waals surface area contributed by atoms with Crippen molar-refractivity contribution >= 4 is 100 Å². The van der Waals surface area contributed by atoms with Crippen molar-refractivity contribution < 1.29 is 0 Å². The monoisotopic (exact) mass is 792 g/mol. The lowest BCUT2D eigenvalue weighted by Gasteiger charge is -2.35. The molecule has 0 radical (unpaired) electrons. The van der Waals surface area contributed by atoms with Crippen molar-refractivity contribution in [3.05, 3.63) is 243 Å². The van der Waals surface area contributed by atoms with E-state index in [2.05, 4.69) is 252 Å². The van der Waals surface area contributed by atoms with E-state index >= 15 is 0 Å². The first-order valence-electron chi connectivity index (χ1n) is 21.1. The van der Waals surface area contributed by atoms with Crippen molar-refractivity contribution in [3.63, 3.8) is 0 Å². The third-order valence-corrected chi connectivity index (χ3v) is 17.5. The molecule has 0 amide bonds. The van der Waals surface area contributed by atoms with E-state index in [1.807, 2.05) is 0 Å². The molecule has 0 bridgehead atoms. The number of hydrogen-bond donors (Lipinski definition) is 0. The summed E-state index contributed by atoms with van der Waals surface area (Å²) in [4.78, 5) is 2.42. The van der Waals surface area contributed by atoms with Gasteiger partial charge in [-0.1, -0.05) is 182 Å². The van der Waals surface area contributed by atoms with Crippen LogP contribution in [0.25, 0.3) is 59.8 Å². The molecule has 0 saturated heterocycles. The fraction of sp³-hybridized carbons (Fsp3) is 0. The number of benzene rings is 11. The van der Waals surface area contributed by atoms with Crippen LogP contribution in [0.3, 0.4) is 0 Å². The minimum atomic E-state index is -2.71. The summed E-state index contributed by atoms with van der Waals surface area (Å²) in [6.07, 6.45) is 0. The van der Waals surface area contributed by atoms with Gasteiger partial charge >= 0.3 is 0 Å².